The van der Waals surface area contributed by atoms with Crippen molar-refractivity contribution in [2.75, 3.05) is 42.1 Å². The molecule has 0 aliphatic carbocycles. The highest BCUT2D eigenvalue weighted by atomic mass is 16.1. The summed E-state index contributed by atoms with van der Waals surface area (Å²) in [7, 11) is 0. The number of hydrogen-bond acceptors (Lipinski definition) is 11. The van der Waals surface area contributed by atoms with Gasteiger partial charge in [0.15, 0.2) is 11.6 Å². The first-order chi connectivity index (χ1) is 19.0. The van der Waals surface area contributed by atoms with Crippen molar-refractivity contribution in [3.8, 4) is 0 Å². The number of benzene rings is 1. The van der Waals surface area contributed by atoms with Crippen molar-refractivity contribution in [1.82, 2.24) is 30.2 Å². The Bertz CT molecular complexity index is 1490. The summed E-state index contributed by atoms with van der Waals surface area (Å²) in [6, 6.07) is 5.80. The molecular weight excluding hydrogens is 506 g/mol. The van der Waals surface area contributed by atoms with Crippen LogP contribution in [-0.4, -0.2) is 68.7 Å². The lowest BCUT2D eigenvalue weighted by Gasteiger charge is -2.37. The van der Waals surface area contributed by atoms with Crippen LogP contribution in [0.15, 0.2) is 36.4 Å². The maximum Gasteiger partial charge on any atom is 0.256 e. The molecule has 0 saturated carbocycles. The number of carbonyl (C=O) groups is 1. The molecule has 2 aromatic heterocycles. The van der Waals surface area contributed by atoms with Gasteiger partial charge in [-0.25, -0.2) is 15.0 Å². The summed E-state index contributed by atoms with van der Waals surface area (Å²) in [5, 5.41) is 14.1. The van der Waals surface area contributed by atoms with E-state index in [2.05, 4.69) is 35.4 Å². The molecule has 0 radical (unpaired) electrons. The molecule has 7 N–H and O–H groups in total. The highest BCUT2D eigenvalue weighted by molar-refractivity contribution is 6.00. The van der Waals surface area contributed by atoms with E-state index >= 15 is 0 Å². The van der Waals surface area contributed by atoms with Gasteiger partial charge in [-0.2, -0.15) is 4.98 Å². The molecule has 1 aromatic carbocycles. The van der Waals surface area contributed by atoms with E-state index in [1.165, 1.54) is 25.2 Å². The molecule has 210 valence electrons. The predicted molar refractivity (Wildman–Crippen MR) is 158 cm³/mol. The van der Waals surface area contributed by atoms with E-state index in [-0.39, 0.29) is 17.1 Å². The predicted octanol–water partition coefficient (Wildman–Crippen LogP) is 2.93. The molecule has 40 heavy (non-hydrogen) atoms. The molecule has 4 heterocycles. The number of aryl methyl sites for hydroxylation is 1. The molecule has 3 aromatic rings. The Morgan fingerprint density at radius 3 is 2.73 bits per heavy atom. The van der Waals surface area contributed by atoms with E-state index in [1.54, 1.807) is 12.1 Å². The minimum Gasteiger partial charge on any atom is -0.385 e. The topological polar surface area (TPSA) is 175 Å². The first-order valence-corrected chi connectivity index (χ1v) is 13.5. The number of amides is 1. The fraction of sp³-hybridized carbons (Fsp3) is 0.429. The first kappa shape index (κ1) is 27.3. The molecule has 2 aliphatic heterocycles. The van der Waals surface area contributed by atoms with Gasteiger partial charge in [-0.3, -0.25) is 9.69 Å². The lowest BCUT2D eigenvalue weighted by Crippen LogP contribution is -2.50. The number of anilines is 4. The Balaban J connectivity index is 1.40. The van der Waals surface area contributed by atoms with Gasteiger partial charge in [0, 0.05) is 48.1 Å². The number of piperazine rings is 1. The number of nitrogens with two attached hydrogens (primary N) is 2. The van der Waals surface area contributed by atoms with Crippen LogP contribution in [0.25, 0.3) is 11.0 Å². The molecule has 2 aliphatic rings. The standard InChI is InChI=1S/C28H37N11O/c1-16-7-8-17(26(40)35-21(30)13-20(29)28(2,3)4)12-19(16)34-25-23-22(32-15-33-25)24(31)37-27(36-23)39-11-10-38-9-5-6-18(38)14-39/h7-8,12-13,15,18,29H,5-6,9-11,14,30H2,1-4H3,(H,35,40)(H2,31,36,37)(H,32,33,34)/b21-13+,29-20?. The number of fused-ring (bicyclic) bond motifs is 2. The van der Waals surface area contributed by atoms with Crippen molar-refractivity contribution < 1.29 is 4.79 Å². The van der Waals surface area contributed by atoms with Gasteiger partial charge in [0.05, 0.1) is 0 Å². The van der Waals surface area contributed by atoms with Gasteiger partial charge in [0.1, 0.15) is 23.2 Å². The minimum atomic E-state index is -0.383. The zero-order valence-corrected chi connectivity index (χ0v) is 23.5. The third kappa shape index (κ3) is 5.67. The second-order valence-corrected chi connectivity index (χ2v) is 11.5. The number of nitrogen functional groups attached to an aromatic ring is 1. The Kier molecular flexibility index (Phi) is 7.28. The monoisotopic (exact) mass is 543 g/mol. The number of carbonyl (C=O) groups excluding carboxylic acids is 1. The Morgan fingerprint density at radius 2 is 1.95 bits per heavy atom. The second-order valence-electron chi connectivity index (χ2n) is 11.5. The van der Waals surface area contributed by atoms with Crippen molar-refractivity contribution in [2.24, 2.45) is 11.1 Å². The average Bonchev–Trinajstić information content (AvgIpc) is 3.37. The summed E-state index contributed by atoms with van der Waals surface area (Å²) in [5.74, 6) is 1.07. The van der Waals surface area contributed by atoms with E-state index in [9.17, 15) is 4.79 Å². The number of nitrogens with one attached hydrogen (secondary N) is 3. The van der Waals surface area contributed by atoms with Crippen LogP contribution in [-0.2, 0) is 0 Å². The van der Waals surface area contributed by atoms with E-state index in [4.69, 9.17) is 21.9 Å². The summed E-state index contributed by atoms with van der Waals surface area (Å²) in [6.07, 6.45) is 5.29. The second kappa shape index (κ2) is 10.7. The normalized spacial score (nSPS) is 18.1. The van der Waals surface area contributed by atoms with Gasteiger partial charge in [0.2, 0.25) is 5.95 Å². The van der Waals surface area contributed by atoms with Gasteiger partial charge in [-0.05, 0) is 50.1 Å². The van der Waals surface area contributed by atoms with Crippen LogP contribution in [0.5, 0.6) is 0 Å². The highest BCUT2D eigenvalue weighted by Gasteiger charge is 2.32. The van der Waals surface area contributed by atoms with Crippen molar-refractivity contribution >= 4 is 45.9 Å². The maximum absolute atomic E-state index is 13.0. The summed E-state index contributed by atoms with van der Waals surface area (Å²) in [5.41, 5.74) is 15.2. The smallest absolute Gasteiger partial charge is 0.256 e. The molecule has 0 spiro atoms. The molecule has 1 atom stereocenters. The number of hydrogen-bond donors (Lipinski definition) is 5. The van der Waals surface area contributed by atoms with Gasteiger partial charge in [-0.15, -0.1) is 0 Å². The zero-order valence-electron chi connectivity index (χ0n) is 23.5. The summed E-state index contributed by atoms with van der Waals surface area (Å²) >= 11 is 0. The Labute approximate surface area is 233 Å². The zero-order chi connectivity index (χ0) is 28.6. The van der Waals surface area contributed by atoms with Crippen LogP contribution >= 0.6 is 0 Å². The fourth-order valence-electron chi connectivity index (χ4n) is 5.00. The van der Waals surface area contributed by atoms with Gasteiger partial charge >= 0.3 is 0 Å². The minimum absolute atomic E-state index is 0.111. The van der Waals surface area contributed by atoms with Crippen LogP contribution in [0.4, 0.5) is 23.3 Å². The van der Waals surface area contributed by atoms with Crippen molar-refractivity contribution in [3.63, 3.8) is 0 Å². The number of nitrogens with zero attached hydrogens (tertiary/aromatic N) is 6. The number of rotatable bonds is 6. The van der Waals surface area contributed by atoms with Crippen molar-refractivity contribution in [3.05, 3.63) is 47.6 Å². The average molecular weight is 544 g/mol. The molecule has 2 fully saturated rings. The van der Waals surface area contributed by atoms with Crippen LogP contribution < -0.4 is 27.0 Å². The van der Waals surface area contributed by atoms with Crippen LogP contribution in [0.1, 0.15) is 49.5 Å². The molecule has 5 rings (SSSR count). The van der Waals surface area contributed by atoms with E-state index < -0.39 is 0 Å². The van der Waals surface area contributed by atoms with Gasteiger partial charge in [0.25, 0.3) is 5.91 Å². The lowest BCUT2D eigenvalue weighted by molar-refractivity contribution is 0.0965. The lowest BCUT2D eigenvalue weighted by atomic mass is 9.90. The van der Waals surface area contributed by atoms with Crippen LogP contribution in [0, 0.1) is 17.7 Å². The van der Waals surface area contributed by atoms with Gasteiger partial charge < -0.3 is 32.4 Å². The van der Waals surface area contributed by atoms with Crippen LogP contribution in [0.2, 0.25) is 0 Å². The molecule has 12 heteroatoms. The Hall–Kier alpha value is -4.32. The number of allylic oxidation sites excluding steroid dienone is 1. The largest absolute Gasteiger partial charge is 0.385 e. The quantitative estimate of drug-likeness (QED) is 0.291. The SMILES string of the molecule is Cc1ccc(C(=O)N/C(N)=C/C(=N)C(C)(C)C)cc1Nc1ncnc2c(N)nc(N3CCN4CCCC4C3)nc12. The third-order valence-corrected chi connectivity index (χ3v) is 7.49. The van der Waals surface area contributed by atoms with E-state index in [0.717, 1.165) is 31.7 Å². The molecule has 0 bridgehead atoms. The summed E-state index contributed by atoms with van der Waals surface area (Å²) < 4.78 is 0. The van der Waals surface area contributed by atoms with Crippen molar-refractivity contribution in [2.45, 2.75) is 46.6 Å². The summed E-state index contributed by atoms with van der Waals surface area (Å²) in [4.78, 5) is 35.9. The molecule has 2 saturated heterocycles. The molecule has 1 amide bonds. The third-order valence-electron chi connectivity index (χ3n) is 7.49. The highest BCUT2D eigenvalue weighted by Crippen LogP contribution is 2.30. The maximum atomic E-state index is 13.0. The number of aromatic nitrogens is 4. The fourth-order valence-corrected chi connectivity index (χ4v) is 5.00. The first-order valence-electron chi connectivity index (χ1n) is 13.5. The molecular formula is C28H37N11O. The van der Waals surface area contributed by atoms with Crippen LogP contribution in [0.3, 0.4) is 0 Å². The summed E-state index contributed by atoms with van der Waals surface area (Å²) in [6.45, 7) is 11.5. The van der Waals surface area contributed by atoms with Crippen molar-refractivity contribution in [1.29, 1.82) is 5.41 Å². The Morgan fingerprint density at radius 1 is 1.15 bits per heavy atom. The van der Waals surface area contributed by atoms with E-state index in [0.29, 0.717) is 51.6 Å². The van der Waals surface area contributed by atoms with E-state index in [1.807, 2.05) is 33.8 Å². The molecule has 12 nitrogen and oxygen atoms in total. The van der Waals surface area contributed by atoms with Gasteiger partial charge in [-0.1, -0.05) is 26.8 Å². The molecule has 1 unspecified atom stereocenters.